The normalized spacial score (nSPS) is 11.3. The van der Waals surface area contributed by atoms with E-state index in [9.17, 15) is 0 Å². The minimum atomic E-state index is -2.37. The predicted octanol–water partition coefficient (Wildman–Crippen LogP) is 6.26. The van der Waals surface area contributed by atoms with E-state index in [0.29, 0.717) is 0 Å². The second kappa shape index (κ2) is 11.1. The molecule has 4 aromatic carbocycles. The van der Waals surface area contributed by atoms with Crippen molar-refractivity contribution >= 4 is 51.7 Å². The van der Waals surface area contributed by atoms with Gasteiger partial charge in [0.25, 0.3) is 0 Å². The predicted molar refractivity (Wildman–Crippen MR) is 158 cm³/mol. The summed E-state index contributed by atoms with van der Waals surface area (Å²) in [5.74, 6) is 1.78. The Labute approximate surface area is 218 Å². The number of benzene rings is 4. The Morgan fingerprint density at radius 2 is 1.17 bits per heavy atom. The van der Waals surface area contributed by atoms with Crippen LogP contribution in [0.2, 0.25) is 0 Å². The minimum Gasteiger partial charge on any atom is -0.337 e. The smallest absolute Gasteiger partial charge is 0.184 e. The van der Waals surface area contributed by atoms with Crippen LogP contribution in [0.5, 0.6) is 0 Å². The zero-order valence-electron chi connectivity index (χ0n) is 20.5. The number of aromatic nitrogens is 2. The third-order valence-corrected chi connectivity index (χ3v) is 11.5. The molecule has 5 aromatic rings. The Balaban J connectivity index is 1.89. The maximum absolute atomic E-state index is 4.87. The number of aryl methyl sites for hydroxylation is 1. The molecule has 0 saturated heterocycles. The first kappa shape index (κ1) is 24.2. The van der Waals surface area contributed by atoms with E-state index >= 15 is 0 Å². The quantitative estimate of drug-likeness (QED) is 0.153. The van der Waals surface area contributed by atoms with Crippen LogP contribution >= 0.6 is 19.0 Å². The van der Waals surface area contributed by atoms with Crippen LogP contribution < -0.4 is 26.5 Å². The van der Waals surface area contributed by atoms with Crippen LogP contribution in [0.4, 0.5) is 11.5 Å². The molecule has 1 N–H and O–H groups in total. The van der Waals surface area contributed by atoms with Crippen molar-refractivity contribution in [2.24, 2.45) is 0 Å². The Morgan fingerprint density at radius 3 is 1.64 bits per heavy atom. The molecule has 0 aliphatic heterocycles. The van der Waals surface area contributed by atoms with Gasteiger partial charge < -0.3 is 5.32 Å². The molecule has 0 bridgehead atoms. The Morgan fingerprint density at radius 1 is 0.667 bits per heavy atom. The largest absolute Gasteiger partial charge is 0.337 e. The number of hydrogen-bond donors (Lipinski definition) is 1. The van der Waals surface area contributed by atoms with Gasteiger partial charge in [-0.05, 0) is 61.2 Å². The second-order valence-corrected chi connectivity index (χ2v) is 13.1. The summed E-state index contributed by atoms with van der Waals surface area (Å²) in [5, 5.41) is 9.70. The van der Waals surface area contributed by atoms with E-state index in [1.165, 1.54) is 26.8 Å². The first-order valence-electron chi connectivity index (χ1n) is 12.1. The van der Waals surface area contributed by atoms with Crippen molar-refractivity contribution < 1.29 is 0 Å². The molecule has 0 radical (unpaired) electrons. The zero-order chi connectivity index (χ0) is 24.8. The fourth-order valence-electron chi connectivity index (χ4n) is 4.56. The molecule has 0 fully saturated rings. The average Bonchev–Trinajstić information content (AvgIpc) is 2.94. The Hall–Kier alpha value is -3.46. The van der Waals surface area contributed by atoms with Crippen LogP contribution in [0.15, 0.2) is 127 Å². The maximum atomic E-state index is 4.87. The Bertz CT molecular complexity index is 1310. The summed E-state index contributed by atoms with van der Waals surface area (Å²) in [6.45, 7) is 4.28. The van der Waals surface area contributed by atoms with Gasteiger partial charge in [0.2, 0.25) is 0 Å². The molecule has 5 heteroatoms. The molecule has 3 nitrogen and oxygen atoms in total. The molecule has 1 aromatic heterocycles. The average molecular weight is 507 g/mol. The third kappa shape index (κ3) is 4.67. The van der Waals surface area contributed by atoms with Crippen molar-refractivity contribution in [2.75, 3.05) is 11.1 Å². The van der Waals surface area contributed by atoms with Gasteiger partial charge in [-0.25, -0.2) is 9.97 Å². The highest BCUT2D eigenvalue weighted by atomic mass is 32.2. The molecule has 0 aliphatic carbocycles. The lowest BCUT2D eigenvalue weighted by atomic mass is 10.2. The van der Waals surface area contributed by atoms with Gasteiger partial charge in [-0.3, -0.25) is 0 Å². The van der Waals surface area contributed by atoms with E-state index in [2.05, 4.69) is 134 Å². The molecule has 0 spiro atoms. The molecule has 0 saturated carbocycles. The molecule has 178 valence electrons. The lowest BCUT2D eigenvalue weighted by Gasteiger charge is -2.29. The van der Waals surface area contributed by atoms with Crippen LogP contribution in [0.25, 0.3) is 0 Å². The second-order valence-electron chi connectivity index (χ2n) is 8.48. The van der Waals surface area contributed by atoms with E-state index in [1.54, 1.807) is 18.1 Å². The molecule has 0 atom stereocenters. The lowest BCUT2D eigenvalue weighted by molar-refractivity contribution is 1.07. The fourth-order valence-corrected chi connectivity index (χ4v) is 10.1. The number of hydrogen-bond acceptors (Lipinski definition) is 4. The standard InChI is InChI=1S/C31H29N3PS/c1-3-36-31-29(30(32-23-33-31)34-25-21-19-24(2)20-22-25)35(26-13-7-4-8-14-26,27-15-9-5-10-16-27)28-17-11-6-12-18-28/h4-23H,3H2,1-2H3,(H,32,33,34)/q+1. The van der Waals surface area contributed by atoms with Crippen molar-refractivity contribution in [3.8, 4) is 0 Å². The summed E-state index contributed by atoms with van der Waals surface area (Å²) in [6, 6.07) is 41.1. The van der Waals surface area contributed by atoms with Gasteiger partial charge in [-0.1, -0.05) is 79.2 Å². The number of thioether (sulfide) groups is 1. The molecule has 36 heavy (non-hydrogen) atoms. The van der Waals surface area contributed by atoms with Gasteiger partial charge in [0, 0.05) is 5.69 Å². The molecule has 1 heterocycles. The first-order chi connectivity index (χ1) is 17.7. The van der Waals surface area contributed by atoms with E-state index in [1.807, 2.05) is 0 Å². The number of anilines is 2. The highest BCUT2D eigenvalue weighted by Crippen LogP contribution is 2.57. The number of nitrogens with zero attached hydrogens (tertiary/aromatic N) is 2. The van der Waals surface area contributed by atoms with Crippen LogP contribution in [-0.2, 0) is 0 Å². The van der Waals surface area contributed by atoms with Gasteiger partial charge in [-0.2, -0.15) is 0 Å². The fraction of sp³-hybridized carbons (Fsp3) is 0.0968. The summed E-state index contributed by atoms with van der Waals surface area (Å²) >= 11 is 1.78. The summed E-state index contributed by atoms with van der Waals surface area (Å²) in [6.07, 6.45) is 1.69. The summed E-state index contributed by atoms with van der Waals surface area (Å²) in [4.78, 5) is 9.74. The van der Waals surface area contributed by atoms with Crippen molar-refractivity contribution in [3.05, 3.63) is 127 Å². The van der Waals surface area contributed by atoms with Gasteiger partial charge in [0.05, 0.1) is 0 Å². The van der Waals surface area contributed by atoms with Crippen LogP contribution in [0.3, 0.4) is 0 Å². The third-order valence-electron chi connectivity index (χ3n) is 6.15. The SMILES string of the molecule is CCSc1ncnc(Nc2ccc(C)cc2)c1[P+](c1ccccc1)(c1ccccc1)c1ccccc1. The number of rotatable bonds is 8. The van der Waals surface area contributed by atoms with Crippen LogP contribution in [-0.4, -0.2) is 15.7 Å². The first-order valence-corrected chi connectivity index (χ1v) is 14.9. The summed E-state index contributed by atoms with van der Waals surface area (Å²) in [5.41, 5.74) is 2.24. The summed E-state index contributed by atoms with van der Waals surface area (Å²) < 4.78 is 0. The molecular formula is C31H29N3PS+. The van der Waals surface area contributed by atoms with Crippen LogP contribution in [0, 0.1) is 6.92 Å². The molecular weight excluding hydrogens is 477 g/mol. The number of nitrogens with one attached hydrogen (secondary N) is 1. The van der Waals surface area contributed by atoms with Gasteiger partial charge in [-0.15, -0.1) is 11.8 Å². The minimum absolute atomic E-state index is 0.856. The van der Waals surface area contributed by atoms with E-state index in [0.717, 1.165) is 22.3 Å². The highest BCUT2D eigenvalue weighted by Gasteiger charge is 2.52. The van der Waals surface area contributed by atoms with Crippen molar-refractivity contribution in [1.29, 1.82) is 0 Å². The molecule has 0 aliphatic rings. The topological polar surface area (TPSA) is 37.8 Å². The molecule has 0 amide bonds. The molecule has 5 rings (SSSR count). The summed E-state index contributed by atoms with van der Waals surface area (Å²) in [7, 11) is -2.37. The van der Waals surface area contributed by atoms with Crippen LogP contribution in [0.1, 0.15) is 12.5 Å². The Kier molecular flexibility index (Phi) is 7.46. The van der Waals surface area contributed by atoms with Crippen molar-refractivity contribution in [2.45, 2.75) is 18.9 Å². The highest BCUT2D eigenvalue weighted by molar-refractivity contribution is 8.04. The monoisotopic (exact) mass is 506 g/mol. The van der Waals surface area contributed by atoms with E-state index in [-0.39, 0.29) is 0 Å². The van der Waals surface area contributed by atoms with E-state index < -0.39 is 7.26 Å². The molecule has 0 unspecified atom stereocenters. The van der Waals surface area contributed by atoms with Gasteiger partial charge in [0.1, 0.15) is 27.3 Å². The van der Waals surface area contributed by atoms with Gasteiger partial charge >= 0.3 is 0 Å². The zero-order valence-corrected chi connectivity index (χ0v) is 22.2. The van der Waals surface area contributed by atoms with Gasteiger partial charge in [0.15, 0.2) is 18.4 Å². The van der Waals surface area contributed by atoms with E-state index in [4.69, 9.17) is 9.97 Å². The van der Waals surface area contributed by atoms with Crippen molar-refractivity contribution in [3.63, 3.8) is 0 Å². The van der Waals surface area contributed by atoms with Crippen molar-refractivity contribution in [1.82, 2.24) is 9.97 Å². The maximum Gasteiger partial charge on any atom is 0.184 e. The lowest BCUT2D eigenvalue weighted by Crippen LogP contribution is -2.41.